The van der Waals surface area contributed by atoms with Crippen molar-refractivity contribution in [3.63, 3.8) is 0 Å². The third-order valence-corrected chi connectivity index (χ3v) is 3.20. The second-order valence-corrected chi connectivity index (χ2v) is 5.47. The lowest BCUT2D eigenvalue weighted by molar-refractivity contribution is -0.139. The minimum absolute atomic E-state index is 0.129. The number of hydrogen-bond acceptors (Lipinski definition) is 4. The molecule has 8 heteroatoms. The number of carbonyl (C=O) groups is 2. The Morgan fingerprint density at radius 3 is 2.52 bits per heavy atom. The van der Waals surface area contributed by atoms with E-state index in [4.69, 9.17) is 21.4 Å². The highest BCUT2D eigenvalue weighted by molar-refractivity contribution is 6.33. The van der Waals surface area contributed by atoms with Gasteiger partial charge < -0.3 is 15.2 Å². The predicted octanol–water partition coefficient (Wildman–Crippen LogP) is 2.83. The Kier molecular flexibility index (Phi) is 5.23. The second kappa shape index (κ2) is 7.15. The lowest BCUT2D eigenvalue weighted by Gasteiger charge is -2.06. The number of benzene rings is 1. The zero-order valence-electron chi connectivity index (χ0n) is 12.6. The summed E-state index contributed by atoms with van der Waals surface area (Å²) in [4.78, 5) is 22.6. The summed E-state index contributed by atoms with van der Waals surface area (Å²) in [5.74, 6) is -0.782. The fourth-order valence-electron chi connectivity index (χ4n) is 1.75. The summed E-state index contributed by atoms with van der Waals surface area (Å²) in [5, 5.41) is 15.7. The first-order chi connectivity index (χ1) is 10.9. The van der Waals surface area contributed by atoms with Crippen LogP contribution in [0.3, 0.4) is 0 Å². The Balaban J connectivity index is 2.04. The van der Waals surface area contributed by atoms with Crippen LogP contribution in [-0.4, -0.2) is 33.4 Å². The SMILES string of the molecule is CC(C)n1cc(Cl)c(NC(=O)c2ccc(OCC(=O)O)cc2)n1. The van der Waals surface area contributed by atoms with Gasteiger partial charge >= 0.3 is 5.97 Å². The Hall–Kier alpha value is -2.54. The molecule has 122 valence electrons. The van der Waals surface area contributed by atoms with E-state index in [1.807, 2.05) is 13.8 Å². The molecule has 2 N–H and O–H groups in total. The molecule has 0 saturated carbocycles. The van der Waals surface area contributed by atoms with Crippen molar-refractivity contribution < 1.29 is 19.4 Å². The van der Waals surface area contributed by atoms with Crippen LogP contribution in [0, 0.1) is 0 Å². The molecule has 0 aliphatic rings. The van der Waals surface area contributed by atoms with Crippen LogP contribution in [0.5, 0.6) is 5.75 Å². The fourth-order valence-corrected chi connectivity index (χ4v) is 1.93. The molecule has 1 aromatic heterocycles. The molecule has 2 aromatic rings. The number of aliphatic carboxylic acids is 1. The van der Waals surface area contributed by atoms with Crippen LogP contribution in [0.15, 0.2) is 30.5 Å². The monoisotopic (exact) mass is 337 g/mol. The minimum atomic E-state index is -1.07. The van der Waals surface area contributed by atoms with E-state index >= 15 is 0 Å². The number of anilines is 1. The molecular weight excluding hydrogens is 322 g/mol. The van der Waals surface area contributed by atoms with Crippen LogP contribution < -0.4 is 10.1 Å². The minimum Gasteiger partial charge on any atom is -0.482 e. The maximum absolute atomic E-state index is 12.2. The summed E-state index contributed by atoms with van der Waals surface area (Å²) < 4.78 is 6.65. The molecule has 0 aliphatic heterocycles. The standard InChI is InChI=1S/C15H16ClN3O4/c1-9(2)19-7-12(16)14(18-19)17-15(22)10-3-5-11(6-4-10)23-8-13(20)21/h3-7,9H,8H2,1-2H3,(H,20,21)(H,17,18,22). The van der Waals surface area contributed by atoms with Crippen molar-refractivity contribution in [2.24, 2.45) is 0 Å². The van der Waals surface area contributed by atoms with Crippen LogP contribution in [-0.2, 0) is 4.79 Å². The van der Waals surface area contributed by atoms with Crippen LogP contribution in [0.2, 0.25) is 5.02 Å². The number of nitrogens with one attached hydrogen (secondary N) is 1. The van der Waals surface area contributed by atoms with E-state index in [1.54, 1.807) is 10.9 Å². The highest BCUT2D eigenvalue weighted by atomic mass is 35.5. The zero-order valence-corrected chi connectivity index (χ0v) is 13.4. The van der Waals surface area contributed by atoms with E-state index in [1.165, 1.54) is 24.3 Å². The van der Waals surface area contributed by atoms with Gasteiger partial charge in [0.15, 0.2) is 12.4 Å². The third kappa shape index (κ3) is 4.46. The summed E-state index contributed by atoms with van der Waals surface area (Å²) >= 11 is 6.04. The first-order valence-electron chi connectivity index (χ1n) is 6.87. The maximum atomic E-state index is 12.2. The van der Waals surface area contributed by atoms with E-state index in [-0.39, 0.29) is 17.8 Å². The number of amides is 1. The quantitative estimate of drug-likeness (QED) is 0.845. The molecule has 0 unspecified atom stereocenters. The van der Waals surface area contributed by atoms with E-state index in [9.17, 15) is 9.59 Å². The van der Waals surface area contributed by atoms with Crippen molar-refractivity contribution in [2.75, 3.05) is 11.9 Å². The number of halogens is 1. The summed E-state index contributed by atoms with van der Waals surface area (Å²) in [5.41, 5.74) is 0.378. The largest absolute Gasteiger partial charge is 0.482 e. The van der Waals surface area contributed by atoms with Crippen molar-refractivity contribution in [3.8, 4) is 5.75 Å². The Morgan fingerprint density at radius 2 is 2.00 bits per heavy atom. The summed E-state index contributed by atoms with van der Waals surface area (Å²) in [6.45, 7) is 3.46. The number of nitrogens with zero attached hydrogens (tertiary/aromatic N) is 2. The Labute approximate surface area is 137 Å². The van der Waals surface area contributed by atoms with Gasteiger partial charge in [-0.05, 0) is 38.1 Å². The topological polar surface area (TPSA) is 93.5 Å². The lowest BCUT2D eigenvalue weighted by Crippen LogP contribution is -2.13. The average molecular weight is 338 g/mol. The van der Waals surface area contributed by atoms with Crippen molar-refractivity contribution >= 4 is 29.3 Å². The Bertz CT molecular complexity index is 710. The van der Waals surface area contributed by atoms with Crippen molar-refractivity contribution in [3.05, 3.63) is 41.0 Å². The van der Waals surface area contributed by atoms with E-state index in [0.29, 0.717) is 16.3 Å². The molecule has 0 bridgehead atoms. The zero-order chi connectivity index (χ0) is 17.0. The van der Waals surface area contributed by atoms with Gasteiger partial charge in [0.2, 0.25) is 0 Å². The van der Waals surface area contributed by atoms with Gasteiger partial charge in [-0.1, -0.05) is 11.6 Å². The summed E-state index contributed by atoms with van der Waals surface area (Å²) in [7, 11) is 0. The van der Waals surface area contributed by atoms with Gasteiger partial charge in [0.1, 0.15) is 10.8 Å². The second-order valence-electron chi connectivity index (χ2n) is 5.06. The molecule has 0 atom stereocenters. The van der Waals surface area contributed by atoms with Gasteiger partial charge in [-0.15, -0.1) is 0 Å². The first-order valence-corrected chi connectivity index (χ1v) is 7.25. The van der Waals surface area contributed by atoms with E-state index in [0.717, 1.165) is 0 Å². The molecule has 0 radical (unpaired) electrons. The maximum Gasteiger partial charge on any atom is 0.341 e. The summed E-state index contributed by atoms with van der Waals surface area (Å²) in [6, 6.07) is 6.22. The van der Waals surface area contributed by atoms with Crippen molar-refractivity contribution in [1.82, 2.24) is 9.78 Å². The Morgan fingerprint density at radius 1 is 1.35 bits per heavy atom. The molecule has 7 nitrogen and oxygen atoms in total. The number of ether oxygens (including phenoxy) is 1. The van der Waals surface area contributed by atoms with E-state index < -0.39 is 12.6 Å². The van der Waals surface area contributed by atoms with Crippen LogP contribution in [0.4, 0.5) is 5.82 Å². The van der Waals surface area contributed by atoms with Gasteiger partial charge in [0.25, 0.3) is 5.91 Å². The smallest absolute Gasteiger partial charge is 0.341 e. The molecule has 2 rings (SSSR count). The number of hydrogen-bond donors (Lipinski definition) is 2. The number of carboxylic acid groups (broad SMARTS) is 1. The molecule has 1 aromatic carbocycles. The molecule has 0 aliphatic carbocycles. The molecule has 0 spiro atoms. The van der Waals surface area contributed by atoms with Crippen LogP contribution in [0.1, 0.15) is 30.2 Å². The molecule has 23 heavy (non-hydrogen) atoms. The highest BCUT2D eigenvalue weighted by Crippen LogP contribution is 2.22. The lowest BCUT2D eigenvalue weighted by atomic mass is 10.2. The van der Waals surface area contributed by atoms with Gasteiger partial charge in [0.05, 0.1) is 0 Å². The van der Waals surface area contributed by atoms with Gasteiger partial charge in [-0.25, -0.2) is 4.79 Å². The molecule has 0 saturated heterocycles. The van der Waals surface area contributed by atoms with Gasteiger partial charge in [-0.2, -0.15) is 5.10 Å². The number of aromatic nitrogens is 2. The highest BCUT2D eigenvalue weighted by Gasteiger charge is 2.13. The summed E-state index contributed by atoms with van der Waals surface area (Å²) in [6.07, 6.45) is 1.64. The number of rotatable bonds is 6. The molecule has 0 fully saturated rings. The van der Waals surface area contributed by atoms with Crippen molar-refractivity contribution in [2.45, 2.75) is 19.9 Å². The van der Waals surface area contributed by atoms with Crippen molar-refractivity contribution in [1.29, 1.82) is 0 Å². The molecule has 1 amide bonds. The average Bonchev–Trinajstić information content (AvgIpc) is 2.87. The van der Waals surface area contributed by atoms with E-state index in [2.05, 4.69) is 10.4 Å². The van der Waals surface area contributed by atoms with Crippen LogP contribution in [0.25, 0.3) is 0 Å². The molecule has 1 heterocycles. The predicted molar refractivity (Wildman–Crippen MR) is 85.1 cm³/mol. The number of carbonyl (C=O) groups excluding carboxylic acids is 1. The van der Waals surface area contributed by atoms with Gasteiger partial charge in [0, 0.05) is 17.8 Å². The number of carboxylic acids is 1. The first kappa shape index (κ1) is 16.8. The normalized spacial score (nSPS) is 10.6. The fraction of sp³-hybridized carbons (Fsp3) is 0.267. The van der Waals surface area contributed by atoms with Crippen LogP contribution >= 0.6 is 11.6 Å². The molecular formula is C15H16ClN3O4. The third-order valence-electron chi connectivity index (χ3n) is 2.93. The van der Waals surface area contributed by atoms with Gasteiger partial charge in [-0.3, -0.25) is 9.48 Å².